The number of β-lactam (4-membered cyclic amide) rings is 1. The van der Waals surface area contributed by atoms with Crippen molar-refractivity contribution in [1.29, 1.82) is 0 Å². The average molecular weight is 540 g/mol. The molecule has 15 heteroatoms. The Morgan fingerprint density at radius 1 is 1.14 bits per heavy atom. The Balaban J connectivity index is 1.51. The lowest BCUT2D eigenvalue weighted by atomic mass is 9.95. The number of hydrogen-bond acceptors (Lipinski definition) is 8. The van der Waals surface area contributed by atoms with Crippen molar-refractivity contribution in [2.24, 2.45) is 0 Å². The first-order chi connectivity index (χ1) is 16.7. The highest BCUT2D eigenvalue weighted by atomic mass is 32.2. The molecular formula is C21H25N5O8S2. The van der Waals surface area contributed by atoms with Gasteiger partial charge in [-0.1, -0.05) is 30.3 Å². The number of amides is 6. The number of hydrogen-bond donors (Lipinski definition) is 3. The normalized spacial score (nSPS) is 25.8. The second kappa shape index (κ2) is 8.96. The molecule has 3 aliphatic heterocycles. The highest BCUT2D eigenvalue weighted by Crippen LogP contribution is 2.50. The number of carbonyl (C=O) groups excluding carboxylic acids is 4. The molecule has 0 saturated carbocycles. The number of carboxylic acid groups (broad SMARTS) is 1. The van der Waals surface area contributed by atoms with E-state index in [1.54, 1.807) is 44.2 Å². The number of rotatable bonds is 6. The lowest BCUT2D eigenvalue weighted by Gasteiger charge is -2.44. The first-order valence-electron chi connectivity index (χ1n) is 10.9. The van der Waals surface area contributed by atoms with Crippen LogP contribution in [0.25, 0.3) is 0 Å². The molecule has 3 N–H and O–H groups in total. The van der Waals surface area contributed by atoms with Gasteiger partial charge >= 0.3 is 18.0 Å². The van der Waals surface area contributed by atoms with Gasteiger partial charge in [-0.3, -0.25) is 9.59 Å². The Kier molecular flexibility index (Phi) is 6.41. The largest absolute Gasteiger partial charge is 0.480 e. The van der Waals surface area contributed by atoms with Crippen molar-refractivity contribution in [2.75, 3.05) is 19.3 Å². The SMILES string of the molecule is CC1(C)S[C@H]2[C@@H](NC(=O)[C@@H](NC(=O)N3CCN(S(C)(=O)=O)C3=O)c3ccccc3)C(=O)N2[C@H]1C(=O)O. The molecule has 1 aromatic rings. The third-order valence-electron chi connectivity index (χ3n) is 6.25. The smallest absolute Gasteiger partial charge is 0.341 e. The minimum Gasteiger partial charge on any atom is -0.480 e. The van der Waals surface area contributed by atoms with E-state index in [1.807, 2.05) is 0 Å². The molecule has 3 heterocycles. The van der Waals surface area contributed by atoms with Gasteiger partial charge in [0.25, 0.3) is 0 Å². The topological polar surface area (TPSA) is 173 Å². The number of urea groups is 2. The van der Waals surface area contributed by atoms with Crippen molar-refractivity contribution in [1.82, 2.24) is 24.7 Å². The van der Waals surface area contributed by atoms with Crippen LogP contribution in [-0.4, -0.2) is 99.0 Å². The zero-order chi connectivity index (χ0) is 26.6. The van der Waals surface area contributed by atoms with Gasteiger partial charge in [0.1, 0.15) is 23.5 Å². The number of carboxylic acids is 1. The van der Waals surface area contributed by atoms with Crippen LogP contribution in [0.3, 0.4) is 0 Å². The molecule has 13 nitrogen and oxygen atoms in total. The molecule has 1 aromatic carbocycles. The van der Waals surface area contributed by atoms with E-state index in [-0.39, 0.29) is 13.1 Å². The van der Waals surface area contributed by atoms with E-state index in [1.165, 1.54) is 16.7 Å². The highest BCUT2D eigenvalue weighted by molar-refractivity contribution is 8.01. The van der Waals surface area contributed by atoms with E-state index < -0.39 is 68.1 Å². The van der Waals surface area contributed by atoms with Crippen molar-refractivity contribution in [3.8, 4) is 0 Å². The summed E-state index contributed by atoms with van der Waals surface area (Å²) in [7, 11) is -3.87. The molecule has 6 amide bonds. The molecule has 4 rings (SSSR count). The predicted molar refractivity (Wildman–Crippen MR) is 127 cm³/mol. The van der Waals surface area contributed by atoms with Crippen molar-refractivity contribution < 1.29 is 37.5 Å². The summed E-state index contributed by atoms with van der Waals surface area (Å²) in [6, 6.07) is 2.76. The molecule has 3 saturated heterocycles. The summed E-state index contributed by atoms with van der Waals surface area (Å²) >= 11 is 1.26. The van der Waals surface area contributed by atoms with Crippen molar-refractivity contribution in [3.05, 3.63) is 35.9 Å². The lowest BCUT2D eigenvalue weighted by Crippen LogP contribution is -2.71. The average Bonchev–Trinajstić information content (AvgIpc) is 3.31. The minimum atomic E-state index is -3.87. The first kappa shape index (κ1) is 25.8. The molecule has 0 unspecified atom stereocenters. The molecule has 0 spiro atoms. The number of nitrogens with zero attached hydrogens (tertiary/aromatic N) is 3. The molecule has 36 heavy (non-hydrogen) atoms. The second-order valence-corrected chi connectivity index (χ2v) is 12.8. The summed E-state index contributed by atoms with van der Waals surface area (Å²) in [5, 5.41) is 14.0. The molecule has 3 fully saturated rings. The molecule has 4 atom stereocenters. The van der Waals surface area contributed by atoms with Crippen molar-refractivity contribution >= 4 is 51.6 Å². The fourth-order valence-electron chi connectivity index (χ4n) is 4.54. The van der Waals surface area contributed by atoms with E-state index in [0.29, 0.717) is 14.8 Å². The Bertz CT molecular complexity index is 1240. The van der Waals surface area contributed by atoms with E-state index in [0.717, 1.165) is 6.26 Å². The number of imide groups is 1. The van der Waals surface area contributed by atoms with Gasteiger partial charge in [0.2, 0.25) is 21.8 Å². The molecular weight excluding hydrogens is 514 g/mol. The fourth-order valence-corrected chi connectivity index (χ4v) is 6.96. The van der Waals surface area contributed by atoms with Crippen LogP contribution in [0, 0.1) is 0 Å². The van der Waals surface area contributed by atoms with Crippen LogP contribution in [0.1, 0.15) is 25.5 Å². The van der Waals surface area contributed by atoms with Gasteiger partial charge in [-0.25, -0.2) is 32.0 Å². The van der Waals surface area contributed by atoms with Crippen LogP contribution in [0.4, 0.5) is 9.59 Å². The number of sulfonamides is 1. The number of benzene rings is 1. The Morgan fingerprint density at radius 2 is 1.78 bits per heavy atom. The number of fused-ring (bicyclic) bond motifs is 1. The minimum absolute atomic E-state index is 0.193. The van der Waals surface area contributed by atoms with Crippen LogP contribution in [-0.2, 0) is 24.4 Å². The van der Waals surface area contributed by atoms with Gasteiger partial charge in [0.05, 0.1) is 19.3 Å². The third-order valence-corrected chi connectivity index (χ3v) is 8.96. The number of aliphatic carboxylic acids is 1. The zero-order valence-electron chi connectivity index (χ0n) is 19.6. The molecule has 0 radical (unpaired) electrons. The third kappa shape index (κ3) is 4.36. The summed E-state index contributed by atoms with van der Waals surface area (Å²) in [6.45, 7) is 3.02. The molecule has 0 bridgehead atoms. The van der Waals surface area contributed by atoms with Crippen LogP contribution in [0.2, 0.25) is 0 Å². The second-order valence-electron chi connectivity index (χ2n) is 9.15. The molecule has 0 aliphatic carbocycles. The maximum Gasteiger partial charge on any atom is 0.341 e. The van der Waals surface area contributed by atoms with Crippen LogP contribution >= 0.6 is 11.8 Å². The summed E-state index contributed by atoms with van der Waals surface area (Å²) < 4.78 is 23.3. The molecule has 0 aromatic heterocycles. The summed E-state index contributed by atoms with van der Waals surface area (Å²) in [5.74, 6) is -2.42. The summed E-state index contributed by atoms with van der Waals surface area (Å²) in [5.41, 5.74) is 0.362. The number of thioether (sulfide) groups is 1. The molecule has 3 aliphatic rings. The van der Waals surface area contributed by atoms with Gasteiger partial charge < -0.3 is 20.6 Å². The van der Waals surface area contributed by atoms with E-state index in [2.05, 4.69) is 10.6 Å². The maximum absolute atomic E-state index is 13.3. The van der Waals surface area contributed by atoms with Gasteiger partial charge in [0, 0.05) is 4.75 Å². The summed E-state index contributed by atoms with van der Waals surface area (Å²) in [6.07, 6.45) is 0.850. The van der Waals surface area contributed by atoms with Gasteiger partial charge in [-0.15, -0.1) is 11.8 Å². The van der Waals surface area contributed by atoms with E-state index >= 15 is 0 Å². The highest BCUT2D eigenvalue weighted by Gasteiger charge is 2.64. The van der Waals surface area contributed by atoms with Crippen LogP contribution in [0.15, 0.2) is 30.3 Å². The maximum atomic E-state index is 13.3. The van der Waals surface area contributed by atoms with Crippen LogP contribution in [0.5, 0.6) is 0 Å². The van der Waals surface area contributed by atoms with E-state index in [9.17, 15) is 37.5 Å². The molecule has 194 valence electrons. The standard InChI is InChI=1S/C21H25N5O8S2/c1-21(2)14(18(29)30)26-16(28)13(17(26)35-21)22-15(27)12(11-7-5-4-6-8-11)23-19(31)24-9-10-25(20(24)32)36(3,33)34/h4-8,12-14,17H,9-10H2,1-3H3,(H,22,27)(H,23,31)(H,29,30)/t12-,13-,14-,17-/m0/s1. The van der Waals surface area contributed by atoms with Gasteiger partial charge in [-0.05, 0) is 19.4 Å². The first-order valence-corrected chi connectivity index (χ1v) is 13.6. The Labute approximate surface area is 211 Å². The van der Waals surface area contributed by atoms with E-state index in [4.69, 9.17) is 0 Å². The zero-order valence-corrected chi connectivity index (χ0v) is 21.2. The van der Waals surface area contributed by atoms with Gasteiger partial charge in [0.15, 0.2) is 0 Å². The van der Waals surface area contributed by atoms with Gasteiger partial charge in [-0.2, -0.15) is 0 Å². The Morgan fingerprint density at radius 3 is 2.33 bits per heavy atom. The summed E-state index contributed by atoms with van der Waals surface area (Å²) in [4.78, 5) is 65.0. The lowest BCUT2D eigenvalue weighted by molar-refractivity contribution is -0.161. The quantitative estimate of drug-likeness (QED) is 0.413. The predicted octanol–water partition coefficient (Wildman–Crippen LogP) is -0.234. The fraction of sp³-hybridized carbons (Fsp3) is 0.476. The monoisotopic (exact) mass is 539 g/mol. The van der Waals surface area contributed by atoms with Crippen molar-refractivity contribution in [3.63, 3.8) is 0 Å². The Hall–Kier alpha value is -3.33. The van der Waals surface area contributed by atoms with Crippen molar-refractivity contribution in [2.45, 2.75) is 42.1 Å². The van der Waals surface area contributed by atoms with Crippen LogP contribution < -0.4 is 10.6 Å². The number of nitrogens with one attached hydrogen (secondary N) is 2. The number of carbonyl (C=O) groups is 5.